The third-order valence-corrected chi connectivity index (χ3v) is 3.13. The third-order valence-electron chi connectivity index (χ3n) is 3.13. The highest BCUT2D eigenvalue weighted by Crippen LogP contribution is 2.16. The molecule has 4 nitrogen and oxygen atoms in total. The molecule has 0 aliphatic carbocycles. The lowest BCUT2D eigenvalue weighted by atomic mass is 10.1. The van der Waals surface area contributed by atoms with Crippen molar-refractivity contribution in [2.75, 3.05) is 12.8 Å². The number of benzene rings is 1. The van der Waals surface area contributed by atoms with Gasteiger partial charge in [-0.3, -0.25) is 9.78 Å². The molecular formula is C16H19N3O. The summed E-state index contributed by atoms with van der Waals surface area (Å²) < 4.78 is 0. The largest absolute Gasteiger partial charge is 0.398 e. The van der Waals surface area contributed by atoms with Gasteiger partial charge in [-0.1, -0.05) is 12.1 Å². The minimum absolute atomic E-state index is 0.0918. The van der Waals surface area contributed by atoms with E-state index in [0.717, 1.165) is 17.0 Å². The zero-order chi connectivity index (χ0) is 14.7. The molecule has 2 N–H and O–H groups in total. The molecule has 2 rings (SSSR count). The summed E-state index contributed by atoms with van der Waals surface area (Å²) in [6, 6.07) is 11.3. The summed E-state index contributed by atoms with van der Waals surface area (Å²) in [5, 5.41) is 0. The summed E-state index contributed by atoms with van der Waals surface area (Å²) in [6.07, 6.45) is 0. The number of rotatable bonds is 3. The number of aryl methyl sites for hydroxylation is 2. The van der Waals surface area contributed by atoms with Gasteiger partial charge in [-0.25, -0.2) is 0 Å². The van der Waals surface area contributed by atoms with Crippen LogP contribution in [0, 0.1) is 13.8 Å². The van der Waals surface area contributed by atoms with Crippen LogP contribution in [0.4, 0.5) is 5.69 Å². The quantitative estimate of drug-likeness (QED) is 0.871. The highest BCUT2D eigenvalue weighted by atomic mass is 16.2. The van der Waals surface area contributed by atoms with Crippen molar-refractivity contribution < 1.29 is 4.79 Å². The molecule has 0 spiro atoms. The van der Waals surface area contributed by atoms with Gasteiger partial charge in [-0.2, -0.15) is 0 Å². The Morgan fingerprint density at radius 2 is 2.00 bits per heavy atom. The number of carbonyl (C=O) groups is 1. The molecule has 0 aliphatic heterocycles. The summed E-state index contributed by atoms with van der Waals surface area (Å²) in [7, 11) is 1.76. The third kappa shape index (κ3) is 3.15. The Morgan fingerprint density at radius 1 is 1.25 bits per heavy atom. The van der Waals surface area contributed by atoms with E-state index in [1.54, 1.807) is 18.0 Å². The summed E-state index contributed by atoms with van der Waals surface area (Å²) in [4.78, 5) is 18.4. The van der Waals surface area contributed by atoms with E-state index in [4.69, 9.17) is 5.73 Å². The van der Waals surface area contributed by atoms with Gasteiger partial charge >= 0.3 is 0 Å². The van der Waals surface area contributed by atoms with Gasteiger partial charge < -0.3 is 10.6 Å². The highest BCUT2D eigenvalue weighted by Gasteiger charge is 2.15. The molecule has 0 saturated heterocycles. The molecule has 104 valence electrons. The van der Waals surface area contributed by atoms with E-state index in [2.05, 4.69) is 4.98 Å². The Balaban J connectivity index is 2.16. The van der Waals surface area contributed by atoms with Gasteiger partial charge in [0.15, 0.2) is 0 Å². The van der Waals surface area contributed by atoms with Crippen LogP contribution in [0.25, 0.3) is 0 Å². The van der Waals surface area contributed by atoms with Crippen molar-refractivity contribution in [2.24, 2.45) is 0 Å². The lowest BCUT2D eigenvalue weighted by molar-refractivity contribution is 0.0784. The Kier molecular flexibility index (Phi) is 4.03. The Morgan fingerprint density at radius 3 is 2.65 bits per heavy atom. The van der Waals surface area contributed by atoms with Crippen LogP contribution < -0.4 is 5.73 Å². The molecule has 0 saturated carbocycles. The first-order valence-corrected chi connectivity index (χ1v) is 6.51. The Labute approximate surface area is 119 Å². The number of pyridine rings is 1. The topological polar surface area (TPSA) is 59.2 Å². The van der Waals surface area contributed by atoms with Crippen LogP contribution in [0.1, 0.15) is 27.3 Å². The molecule has 2 aromatic rings. The van der Waals surface area contributed by atoms with Crippen LogP contribution >= 0.6 is 0 Å². The predicted molar refractivity (Wildman–Crippen MR) is 80.4 cm³/mol. The molecule has 0 radical (unpaired) electrons. The van der Waals surface area contributed by atoms with Crippen molar-refractivity contribution in [1.82, 2.24) is 9.88 Å². The Hall–Kier alpha value is -2.36. The lowest BCUT2D eigenvalue weighted by Crippen LogP contribution is -2.27. The highest BCUT2D eigenvalue weighted by molar-refractivity contribution is 5.99. The van der Waals surface area contributed by atoms with Crippen LogP contribution in [0.15, 0.2) is 36.4 Å². The molecule has 4 heteroatoms. The maximum atomic E-state index is 12.4. The fourth-order valence-corrected chi connectivity index (χ4v) is 2.08. The van der Waals surface area contributed by atoms with Gasteiger partial charge in [-0.15, -0.1) is 0 Å². The standard InChI is InChI=1S/C16H19N3O/c1-11-7-8-14(15(17)9-11)16(20)19(3)10-13-6-4-5-12(2)18-13/h4-9H,10,17H2,1-3H3. The molecule has 0 unspecified atom stereocenters. The van der Waals surface area contributed by atoms with E-state index in [0.29, 0.717) is 17.8 Å². The van der Waals surface area contributed by atoms with E-state index >= 15 is 0 Å². The molecule has 0 aliphatic rings. The zero-order valence-corrected chi connectivity index (χ0v) is 12.1. The van der Waals surface area contributed by atoms with Gasteiger partial charge in [0.05, 0.1) is 17.8 Å². The van der Waals surface area contributed by atoms with Crippen LogP contribution in [-0.2, 0) is 6.54 Å². The normalized spacial score (nSPS) is 10.3. The number of nitrogen functional groups attached to an aromatic ring is 1. The van der Waals surface area contributed by atoms with Crippen molar-refractivity contribution >= 4 is 11.6 Å². The number of hydrogen-bond acceptors (Lipinski definition) is 3. The number of carbonyl (C=O) groups excluding carboxylic acids is 1. The predicted octanol–water partition coefficient (Wildman–Crippen LogP) is 2.55. The molecule has 20 heavy (non-hydrogen) atoms. The maximum absolute atomic E-state index is 12.4. The van der Waals surface area contributed by atoms with E-state index in [1.165, 1.54) is 0 Å². The molecule has 1 heterocycles. The molecule has 1 aromatic carbocycles. The molecule has 0 fully saturated rings. The smallest absolute Gasteiger partial charge is 0.256 e. The van der Waals surface area contributed by atoms with E-state index in [1.807, 2.05) is 44.2 Å². The summed E-state index contributed by atoms with van der Waals surface area (Å²) in [5.41, 5.74) is 9.81. The number of amides is 1. The van der Waals surface area contributed by atoms with E-state index in [-0.39, 0.29) is 5.91 Å². The van der Waals surface area contributed by atoms with Crippen LogP contribution in [0.3, 0.4) is 0 Å². The molecule has 0 atom stereocenters. The first-order chi connectivity index (χ1) is 9.47. The zero-order valence-electron chi connectivity index (χ0n) is 12.1. The van der Waals surface area contributed by atoms with Crippen molar-refractivity contribution in [3.63, 3.8) is 0 Å². The fourth-order valence-electron chi connectivity index (χ4n) is 2.08. The minimum Gasteiger partial charge on any atom is -0.398 e. The number of hydrogen-bond donors (Lipinski definition) is 1. The summed E-state index contributed by atoms with van der Waals surface area (Å²) in [6.45, 7) is 4.35. The number of nitrogens with zero attached hydrogens (tertiary/aromatic N) is 2. The van der Waals surface area contributed by atoms with Crippen LogP contribution in [0.2, 0.25) is 0 Å². The van der Waals surface area contributed by atoms with Crippen molar-refractivity contribution in [2.45, 2.75) is 20.4 Å². The number of aromatic nitrogens is 1. The van der Waals surface area contributed by atoms with Gasteiger partial charge in [0.25, 0.3) is 5.91 Å². The molecule has 1 amide bonds. The van der Waals surface area contributed by atoms with Crippen molar-refractivity contribution in [3.8, 4) is 0 Å². The first-order valence-electron chi connectivity index (χ1n) is 6.51. The van der Waals surface area contributed by atoms with Crippen LogP contribution in [0.5, 0.6) is 0 Å². The minimum atomic E-state index is -0.0918. The Bertz CT molecular complexity index is 637. The average Bonchev–Trinajstić information content (AvgIpc) is 2.38. The van der Waals surface area contributed by atoms with Gasteiger partial charge in [-0.05, 0) is 43.7 Å². The molecule has 1 aromatic heterocycles. The fraction of sp³-hybridized carbons (Fsp3) is 0.250. The second-order valence-corrected chi connectivity index (χ2v) is 5.02. The summed E-state index contributed by atoms with van der Waals surface area (Å²) >= 11 is 0. The van der Waals surface area contributed by atoms with Gasteiger partial charge in [0.2, 0.25) is 0 Å². The molecular weight excluding hydrogens is 250 g/mol. The van der Waals surface area contributed by atoms with Crippen LogP contribution in [-0.4, -0.2) is 22.8 Å². The number of nitrogens with two attached hydrogens (primary N) is 1. The van der Waals surface area contributed by atoms with Gasteiger partial charge in [0.1, 0.15) is 0 Å². The first kappa shape index (κ1) is 14.1. The summed E-state index contributed by atoms with van der Waals surface area (Å²) in [5.74, 6) is -0.0918. The lowest BCUT2D eigenvalue weighted by Gasteiger charge is -2.18. The SMILES string of the molecule is Cc1ccc(C(=O)N(C)Cc2cccc(C)n2)c(N)c1. The van der Waals surface area contributed by atoms with E-state index < -0.39 is 0 Å². The van der Waals surface area contributed by atoms with E-state index in [9.17, 15) is 4.79 Å². The van der Waals surface area contributed by atoms with Crippen molar-refractivity contribution in [3.05, 3.63) is 58.9 Å². The monoisotopic (exact) mass is 269 g/mol. The molecule has 0 bridgehead atoms. The maximum Gasteiger partial charge on any atom is 0.256 e. The van der Waals surface area contributed by atoms with Crippen molar-refractivity contribution in [1.29, 1.82) is 0 Å². The van der Waals surface area contributed by atoms with Gasteiger partial charge in [0, 0.05) is 18.4 Å². The second-order valence-electron chi connectivity index (χ2n) is 5.02. The average molecular weight is 269 g/mol. The second kappa shape index (κ2) is 5.74. The number of anilines is 1.